The lowest BCUT2D eigenvalue weighted by atomic mass is 10.2. The molecule has 0 saturated carbocycles. The summed E-state index contributed by atoms with van der Waals surface area (Å²) >= 11 is 0.928. The van der Waals surface area contributed by atoms with Gasteiger partial charge in [0.05, 0.1) is 5.69 Å². The van der Waals surface area contributed by atoms with Gasteiger partial charge in [-0.2, -0.15) is 0 Å². The summed E-state index contributed by atoms with van der Waals surface area (Å²) in [6, 6.07) is 3.33. The number of anilines is 1. The molecular formula is C11H9N3O3S. The van der Waals surface area contributed by atoms with Crippen LogP contribution in [0.3, 0.4) is 0 Å². The zero-order valence-corrected chi connectivity index (χ0v) is 10.2. The largest absolute Gasteiger partial charge is 0.477 e. The molecule has 2 heterocycles. The van der Waals surface area contributed by atoms with Gasteiger partial charge in [0.2, 0.25) is 5.91 Å². The highest BCUT2D eigenvalue weighted by molar-refractivity contribution is 7.18. The number of carbonyl (C=O) groups excluding carboxylic acids is 1. The van der Waals surface area contributed by atoms with Crippen molar-refractivity contribution in [2.45, 2.75) is 6.92 Å². The van der Waals surface area contributed by atoms with E-state index < -0.39 is 5.97 Å². The minimum absolute atomic E-state index is 0.0879. The lowest BCUT2D eigenvalue weighted by molar-refractivity contribution is -0.114. The standard InChI is InChI=1S/C11H9N3O3S/c1-6(15)13-11-14-8(9(18-11)10(16)17)7-2-4-12-5-3-7/h2-5H,1H3,(H,16,17)(H,13,14,15). The average molecular weight is 263 g/mol. The fourth-order valence-corrected chi connectivity index (χ4v) is 2.25. The summed E-state index contributed by atoms with van der Waals surface area (Å²) in [5, 5.41) is 11.9. The van der Waals surface area contributed by atoms with Crippen LogP contribution in [0, 0.1) is 0 Å². The molecule has 0 aromatic carbocycles. The topological polar surface area (TPSA) is 92.2 Å². The molecule has 18 heavy (non-hydrogen) atoms. The van der Waals surface area contributed by atoms with Gasteiger partial charge in [0.15, 0.2) is 5.13 Å². The van der Waals surface area contributed by atoms with Crippen molar-refractivity contribution >= 4 is 28.3 Å². The van der Waals surface area contributed by atoms with E-state index in [0.717, 1.165) is 11.3 Å². The fourth-order valence-electron chi connectivity index (χ4n) is 1.37. The number of hydrogen-bond donors (Lipinski definition) is 2. The molecule has 0 saturated heterocycles. The van der Waals surface area contributed by atoms with Crippen molar-refractivity contribution in [1.29, 1.82) is 0 Å². The molecule has 92 valence electrons. The quantitative estimate of drug-likeness (QED) is 0.881. The Morgan fingerprint density at radius 2 is 2.00 bits per heavy atom. The van der Waals surface area contributed by atoms with Crippen LogP contribution in [-0.4, -0.2) is 27.0 Å². The molecule has 0 aliphatic rings. The van der Waals surface area contributed by atoms with Crippen LogP contribution in [-0.2, 0) is 4.79 Å². The maximum absolute atomic E-state index is 11.1. The van der Waals surface area contributed by atoms with E-state index in [-0.39, 0.29) is 15.9 Å². The molecule has 2 aromatic heterocycles. The van der Waals surface area contributed by atoms with Crippen molar-refractivity contribution in [2.24, 2.45) is 0 Å². The van der Waals surface area contributed by atoms with Gasteiger partial charge in [-0.05, 0) is 12.1 Å². The SMILES string of the molecule is CC(=O)Nc1nc(-c2ccncc2)c(C(=O)O)s1. The normalized spacial score (nSPS) is 10.1. The number of nitrogens with one attached hydrogen (secondary N) is 1. The van der Waals surface area contributed by atoms with Crippen LogP contribution in [0.5, 0.6) is 0 Å². The molecule has 2 rings (SSSR count). The second-order valence-corrected chi connectivity index (χ2v) is 4.42. The molecule has 7 heteroatoms. The van der Waals surface area contributed by atoms with E-state index in [0.29, 0.717) is 11.3 Å². The number of aromatic carboxylic acids is 1. The molecule has 2 aromatic rings. The first-order chi connectivity index (χ1) is 8.58. The lowest BCUT2D eigenvalue weighted by Crippen LogP contribution is -2.04. The Morgan fingerprint density at radius 1 is 1.33 bits per heavy atom. The number of carboxylic acids is 1. The Morgan fingerprint density at radius 3 is 2.56 bits per heavy atom. The second-order valence-electron chi connectivity index (χ2n) is 3.42. The van der Waals surface area contributed by atoms with E-state index in [9.17, 15) is 9.59 Å². The van der Waals surface area contributed by atoms with Crippen molar-refractivity contribution in [2.75, 3.05) is 5.32 Å². The van der Waals surface area contributed by atoms with Gasteiger partial charge in [0, 0.05) is 24.9 Å². The molecule has 0 radical (unpaired) electrons. The number of aromatic nitrogens is 2. The van der Waals surface area contributed by atoms with Crippen molar-refractivity contribution < 1.29 is 14.7 Å². The maximum Gasteiger partial charge on any atom is 0.348 e. The molecule has 6 nitrogen and oxygen atoms in total. The summed E-state index contributed by atoms with van der Waals surface area (Å²) in [6.07, 6.45) is 3.11. The maximum atomic E-state index is 11.1. The van der Waals surface area contributed by atoms with Crippen molar-refractivity contribution in [3.05, 3.63) is 29.4 Å². The van der Waals surface area contributed by atoms with E-state index >= 15 is 0 Å². The average Bonchev–Trinajstić information content (AvgIpc) is 2.73. The van der Waals surface area contributed by atoms with E-state index in [1.165, 1.54) is 6.92 Å². The summed E-state index contributed by atoms with van der Waals surface area (Å²) in [4.78, 5) is 30.1. The Labute approximate surface area is 106 Å². The highest BCUT2D eigenvalue weighted by atomic mass is 32.1. The predicted octanol–water partition coefficient (Wildman–Crippen LogP) is 1.86. The summed E-state index contributed by atoms with van der Waals surface area (Å²) < 4.78 is 0. The predicted molar refractivity (Wildman–Crippen MR) is 66.6 cm³/mol. The van der Waals surface area contributed by atoms with Crippen LogP contribution >= 0.6 is 11.3 Å². The van der Waals surface area contributed by atoms with Crippen LogP contribution in [0.4, 0.5) is 5.13 Å². The monoisotopic (exact) mass is 263 g/mol. The van der Waals surface area contributed by atoms with Crippen molar-refractivity contribution in [1.82, 2.24) is 9.97 Å². The van der Waals surface area contributed by atoms with E-state index in [4.69, 9.17) is 5.11 Å². The molecule has 0 aliphatic heterocycles. The number of carboxylic acid groups (broad SMARTS) is 1. The first kappa shape index (κ1) is 12.2. The van der Waals surface area contributed by atoms with E-state index in [2.05, 4.69) is 15.3 Å². The number of amides is 1. The lowest BCUT2D eigenvalue weighted by Gasteiger charge is -1.97. The summed E-state index contributed by atoms with van der Waals surface area (Å²) in [6.45, 7) is 1.34. The summed E-state index contributed by atoms with van der Waals surface area (Å²) in [7, 11) is 0. The van der Waals surface area contributed by atoms with Crippen LogP contribution in [0.2, 0.25) is 0 Å². The molecule has 1 amide bonds. The molecule has 2 N–H and O–H groups in total. The Hall–Kier alpha value is -2.28. The summed E-state index contributed by atoms with van der Waals surface area (Å²) in [5.74, 6) is -1.36. The first-order valence-corrected chi connectivity index (χ1v) is 5.81. The van der Waals surface area contributed by atoms with Gasteiger partial charge >= 0.3 is 5.97 Å². The van der Waals surface area contributed by atoms with Crippen molar-refractivity contribution in [3.8, 4) is 11.3 Å². The van der Waals surface area contributed by atoms with Gasteiger partial charge in [-0.15, -0.1) is 0 Å². The molecule has 0 spiro atoms. The number of pyridine rings is 1. The smallest absolute Gasteiger partial charge is 0.348 e. The molecular weight excluding hydrogens is 254 g/mol. The molecule has 0 aliphatic carbocycles. The van der Waals surface area contributed by atoms with Gasteiger partial charge < -0.3 is 10.4 Å². The molecule has 0 atom stereocenters. The molecule has 0 fully saturated rings. The third-order valence-corrected chi connectivity index (χ3v) is 3.02. The van der Waals surface area contributed by atoms with Crippen LogP contribution in [0.15, 0.2) is 24.5 Å². The number of rotatable bonds is 3. The van der Waals surface area contributed by atoms with Gasteiger partial charge in [0.1, 0.15) is 4.88 Å². The summed E-state index contributed by atoms with van der Waals surface area (Å²) in [5.41, 5.74) is 0.980. The Bertz CT molecular complexity index is 595. The highest BCUT2D eigenvalue weighted by Crippen LogP contribution is 2.30. The van der Waals surface area contributed by atoms with Gasteiger partial charge in [-0.3, -0.25) is 9.78 Å². The van der Waals surface area contributed by atoms with Crippen molar-refractivity contribution in [3.63, 3.8) is 0 Å². The zero-order chi connectivity index (χ0) is 13.1. The van der Waals surface area contributed by atoms with Gasteiger partial charge in [0.25, 0.3) is 0 Å². The van der Waals surface area contributed by atoms with Crippen LogP contribution in [0.1, 0.15) is 16.6 Å². The number of nitrogens with zero attached hydrogens (tertiary/aromatic N) is 2. The zero-order valence-electron chi connectivity index (χ0n) is 9.38. The van der Waals surface area contributed by atoms with E-state index in [1.807, 2.05) is 0 Å². The Kier molecular flexibility index (Phi) is 3.33. The van der Waals surface area contributed by atoms with E-state index in [1.54, 1.807) is 24.5 Å². The molecule has 0 bridgehead atoms. The number of carbonyl (C=O) groups is 2. The Balaban J connectivity index is 2.48. The molecule has 0 unspecified atom stereocenters. The third-order valence-electron chi connectivity index (χ3n) is 2.06. The highest BCUT2D eigenvalue weighted by Gasteiger charge is 2.19. The minimum Gasteiger partial charge on any atom is -0.477 e. The van der Waals surface area contributed by atoms with Gasteiger partial charge in [-0.1, -0.05) is 11.3 Å². The second kappa shape index (κ2) is 4.92. The number of thiazole rings is 1. The van der Waals surface area contributed by atoms with Crippen LogP contribution in [0.25, 0.3) is 11.3 Å². The number of hydrogen-bond acceptors (Lipinski definition) is 5. The minimum atomic E-state index is -1.07. The van der Waals surface area contributed by atoms with Gasteiger partial charge in [-0.25, -0.2) is 9.78 Å². The fraction of sp³-hybridized carbons (Fsp3) is 0.0909. The first-order valence-electron chi connectivity index (χ1n) is 5.00. The third kappa shape index (κ3) is 2.51. The van der Waals surface area contributed by atoms with Crippen LogP contribution < -0.4 is 5.32 Å².